The lowest BCUT2D eigenvalue weighted by molar-refractivity contribution is -0.150. The van der Waals surface area contributed by atoms with Crippen LogP contribution in [0.5, 0.6) is 0 Å². The number of rotatable bonds is 6. The molecule has 2 atom stereocenters. The van der Waals surface area contributed by atoms with Crippen LogP contribution in [-0.4, -0.2) is 53.7 Å². The molecule has 1 saturated heterocycles. The van der Waals surface area contributed by atoms with Gasteiger partial charge in [0.15, 0.2) is 0 Å². The van der Waals surface area contributed by atoms with Crippen molar-refractivity contribution < 1.29 is 18.7 Å². The molecule has 0 bridgehead atoms. The molecule has 2 aromatic carbocycles. The van der Waals surface area contributed by atoms with Crippen LogP contribution >= 0.6 is 0 Å². The van der Waals surface area contributed by atoms with E-state index in [2.05, 4.69) is 6.07 Å². The van der Waals surface area contributed by atoms with Gasteiger partial charge in [-0.05, 0) is 51.8 Å². The molecule has 0 aromatic heterocycles. The molecule has 1 fully saturated rings. The van der Waals surface area contributed by atoms with Crippen molar-refractivity contribution in [3.8, 4) is 0 Å². The molecule has 1 amide bonds. The van der Waals surface area contributed by atoms with Crippen molar-refractivity contribution in [2.45, 2.75) is 46.1 Å². The minimum Gasteiger partial charge on any atom is -0.466 e. The maximum Gasteiger partial charge on any atom is 0.310 e. The van der Waals surface area contributed by atoms with Gasteiger partial charge >= 0.3 is 5.97 Å². The number of nitrogens with zero attached hydrogens (tertiary/aromatic N) is 3. The molecular weight excluding hydrogens is 433 g/mol. The molecule has 6 nitrogen and oxygen atoms in total. The molecule has 0 unspecified atom stereocenters. The SMILES string of the molecule is CCOC(=O)[C@H]1CCCN(CC(=O)N2N=C(c3ccc(C)cc3C)C[C@@H]2c2ccccc2F)C1. The Balaban J connectivity index is 1.58. The van der Waals surface area contributed by atoms with Gasteiger partial charge in [0.1, 0.15) is 5.82 Å². The summed E-state index contributed by atoms with van der Waals surface area (Å²) < 4.78 is 19.9. The van der Waals surface area contributed by atoms with E-state index < -0.39 is 6.04 Å². The molecule has 0 aliphatic carbocycles. The van der Waals surface area contributed by atoms with Crippen LogP contribution in [0.25, 0.3) is 0 Å². The molecule has 0 radical (unpaired) electrons. The van der Waals surface area contributed by atoms with E-state index in [4.69, 9.17) is 9.84 Å². The number of aryl methyl sites for hydroxylation is 2. The molecule has 2 aliphatic heterocycles. The summed E-state index contributed by atoms with van der Waals surface area (Å²) in [5, 5.41) is 6.16. The molecule has 0 saturated carbocycles. The van der Waals surface area contributed by atoms with Crippen LogP contribution in [0.2, 0.25) is 0 Å². The Morgan fingerprint density at radius 3 is 2.71 bits per heavy atom. The van der Waals surface area contributed by atoms with Crippen molar-refractivity contribution in [3.05, 3.63) is 70.5 Å². The number of hydrogen-bond acceptors (Lipinski definition) is 5. The van der Waals surface area contributed by atoms with Crippen molar-refractivity contribution in [2.24, 2.45) is 11.0 Å². The molecule has 7 heteroatoms. The van der Waals surface area contributed by atoms with Gasteiger partial charge in [0.25, 0.3) is 5.91 Å². The zero-order valence-corrected chi connectivity index (χ0v) is 20.1. The third-order valence-corrected chi connectivity index (χ3v) is 6.61. The fourth-order valence-electron chi connectivity index (χ4n) is 4.94. The lowest BCUT2D eigenvalue weighted by Gasteiger charge is -2.32. The molecule has 180 valence electrons. The van der Waals surface area contributed by atoms with E-state index in [-0.39, 0.29) is 30.2 Å². The van der Waals surface area contributed by atoms with Gasteiger partial charge in [-0.25, -0.2) is 9.40 Å². The molecule has 2 aromatic rings. The summed E-state index contributed by atoms with van der Waals surface area (Å²) in [5.74, 6) is -0.975. The predicted molar refractivity (Wildman–Crippen MR) is 129 cm³/mol. The minimum absolute atomic E-state index is 0.129. The minimum atomic E-state index is -0.505. The maximum absolute atomic E-state index is 14.8. The molecule has 2 heterocycles. The van der Waals surface area contributed by atoms with E-state index in [1.165, 1.54) is 11.1 Å². The molecule has 34 heavy (non-hydrogen) atoms. The number of hydrazone groups is 1. The van der Waals surface area contributed by atoms with Crippen LogP contribution in [-0.2, 0) is 14.3 Å². The van der Waals surface area contributed by atoms with Gasteiger partial charge in [-0.15, -0.1) is 0 Å². The average Bonchev–Trinajstić information content (AvgIpc) is 3.25. The normalized spacial score (nSPS) is 20.8. The highest BCUT2D eigenvalue weighted by atomic mass is 19.1. The lowest BCUT2D eigenvalue weighted by Crippen LogP contribution is -2.45. The number of hydrogen-bond donors (Lipinski definition) is 0. The number of esters is 1. The summed E-state index contributed by atoms with van der Waals surface area (Å²) in [4.78, 5) is 27.7. The van der Waals surface area contributed by atoms with Crippen LogP contribution in [0.15, 0.2) is 47.6 Å². The highest BCUT2D eigenvalue weighted by Gasteiger charge is 2.36. The van der Waals surface area contributed by atoms with Gasteiger partial charge in [0.2, 0.25) is 0 Å². The molecule has 0 spiro atoms. The predicted octanol–water partition coefficient (Wildman–Crippen LogP) is 4.40. The molecule has 4 rings (SSSR count). The number of likely N-dealkylation sites (tertiary alicyclic amines) is 1. The fourth-order valence-corrected chi connectivity index (χ4v) is 4.94. The Labute approximate surface area is 200 Å². The van der Waals surface area contributed by atoms with Gasteiger partial charge in [-0.3, -0.25) is 14.5 Å². The largest absolute Gasteiger partial charge is 0.466 e. The second kappa shape index (κ2) is 10.5. The van der Waals surface area contributed by atoms with E-state index in [0.717, 1.165) is 41.8 Å². The first-order chi connectivity index (χ1) is 16.4. The Morgan fingerprint density at radius 2 is 1.97 bits per heavy atom. The number of carbonyl (C=O) groups excluding carboxylic acids is 2. The summed E-state index contributed by atoms with van der Waals surface area (Å²) >= 11 is 0. The van der Waals surface area contributed by atoms with Crippen LogP contribution in [0.1, 0.15) is 54.5 Å². The average molecular weight is 466 g/mol. The van der Waals surface area contributed by atoms with Crippen molar-refractivity contribution in [1.82, 2.24) is 9.91 Å². The van der Waals surface area contributed by atoms with Crippen LogP contribution in [0, 0.1) is 25.6 Å². The first-order valence-corrected chi connectivity index (χ1v) is 12.0. The standard InChI is InChI=1S/C27H32FN3O3/c1-4-34-27(33)20-8-7-13-30(16-20)17-26(32)31-25(22-9-5-6-10-23(22)28)15-24(29-31)21-12-11-18(2)14-19(21)3/h5-6,9-12,14,20,25H,4,7-8,13,15-17H2,1-3H3/t20-,25+/m0/s1. The van der Waals surface area contributed by atoms with Gasteiger partial charge in [0.05, 0.1) is 30.8 Å². The van der Waals surface area contributed by atoms with Gasteiger partial charge in [-0.1, -0.05) is 42.0 Å². The lowest BCUT2D eigenvalue weighted by atomic mass is 9.95. The third kappa shape index (κ3) is 5.20. The van der Waals surface area contributed by atoms with Crippen molar-refractivity contribution in [2.75, 3.05) is 26.2 Å². The Morgan fingerprint density at radius 1 is 1.18 bits per heavy atom. The quantitative estimate of drug-likeness (QED) is 0.594. The second-order valence-corrected chi connectivity index (χ2v) is 9.17. The number of ether oxygens (including phenoxy) is 1. The van der Waals surface area contributed by atoms with E-state index in [1.54, 1.807) is 25.1 Å². The van der Waals surface area contributed by atoms with E-state index in [1.807, 2.05) is 30.9 Å². The van der Waals surface area contributed by atoms with E-state index in [9.17, 15) is 14.0 Å². The van der Waals surface area contributed by atoms with Crippen molar-refractivity contribution in [3.63, 3.8) is 0 Å². The van der Waals surface area contributed by atoms with Crippen LogP contribution < -0.4 is 0 Å². The van der Waals surface area contributed by atoms with Gasteiger partial charge < -0.3 is 4.74 Å². The summed E-state index contributed by atoms with van der Waals surface area (Å²) in [6.45, 7) is 7.55. The van der Waals surface area contributed by atoms with Crippen molar-refractivity contribution >= 4 is 17.6 Å². The van der Waals surface area contributed by atoms with Gasteiger partial charge in [0, 0.05) is 24.1 Å². The zero-order chi connectivity index (χ0) is 24.2. The maximum atomic E-state index is 14.8. The smallest absolute Gasteiger partial charge is 0.310 e. The van der Waals surface area contributed by atoms with Crippen LogP contribution in [0.4, 0.5) is 4.39 Å². The third-order valence-electron chi connectivity index (χ3n) is 6.61. The number of carbonyl (C=O) groups is 2. The molecular formula is C27H32FN3O3. The first kappa shape index (κ1) is 24.1. The number of amides is 1. The number of halogens is 1. The number of piperidine rings is 1. The first-order valence-electron chi connectivity index (χ1n) is 12.0. The van der Waals surface area contributed by atoms with Crippen molar-refractivity contribution in [1.29, 1.82) is 0 Å². The fraction of sp³-hybridized carbons (Fsp3) is 0.444. The summed E-state index contributed by atoms with van der Waals surface area (Å²) in [6.07, 6.45) is 2.03. The topological polar surface area (TPSA) is 62.2 Å². The summed E-state index contributed by atoms with van der Waals surface area (Å²) in [7, 11) is 0. The van der Waals surface area contributed by atoms with E-state index >= 15 is 0 Å². The highest BCUT2D eigenvalue weighted by Crippen LogP contribution is 2.35. The summed E-state index contributed by atoms with van der Waals surface area (Å²) in [5.41, 5.74) is 4.44. The molecule has 0 N–H and O–H groups in total. The second-order valence-electron chi connectivity index (χ2n) is 9.17. The summed E-state index contributed by atoms with van der Waals surface area (Å²) in [6, 6.07) is 12.2. The monoisotopic (exact) mass is 465 g/mol. The Hall–Kier alpha value is -3.06. The Kier molecular flexibility index (Phi) is 7.41. The number of benzene rings is 2. The molecule has 2 aliphatic rings. The Bertz CT molecular complexity index is 1100. The van der Waals surface area contributed by atoms with Gasteiger partial charge in [-0.2, -0.15) is 5.10 Å². The highest BCUT2D eigenvalue weighted by molar-refractivity contribution is 6.04. The zero-order valence-electron chi connectivity index (χ0n) is 20.1. The van der Waals surface area contributed by atoms with Crippen LogP contribution in [0.3, 0.4) is 0 Å². The van der Waals surface area contributed by atoms with E-state index in [0.29, 0.717) is 25.1 Å².